The quantitative estimate of drug-likeness (QED) is 0.546. The molecule has 0 aromatic heterocycles. The molecule has 3 aromatic rings. The average molecular weight is 468 g/mol. The summed E-state index contributed by atoms with van der Waals surface area (Å²) in [6.45, 7) is -0.415. The van der Waals surface area contributed by atoms with Crippen LogP contribution in [0.2, 0.25) is 0 Å². The topological polar surface area (TPSA) is 96.0 Å². The highest BCUT2D eigenvalue weighted by molar-refractivity contribution is 7.92. The smallest absolute Gasteiger partial charge is 0.253 e. The van der Waals surface area contributed by atoms with E-state index in [4.69, 9.17) is 4.74 Å². The fraction of sp³-hybridized carbons (Fsp3) is 0.167. The Bertz CT molecular complexity index is 1210. The van der Waals surface area contributed by atoms with Gasteiger partial charge in [0.25, 0.3) is 5.91 Å². The number of benzene rings is 3. The second-order valence-corrected chi connectivity index (χ2v) is 9.41. The third kappa shape index (κ3) is 6.56. The van der Waals surface area contributed by atoms with E-state index in [2.05, 4.69) is 5.32 Å². The first-order valence-corrected chi connectivity index (χ1v) is 11.9. The van der Waals surface area contributed by atoms with Crippen molar-refractivity contribution >= 4 is 33.2 Å². The third-order valence-corrected chi connectivity index (χ3v) is 5.75. The molecule has 33 heavy (non-hydrogen) atoms. The van der Waals surface area contributed by atoms with Gasteiger partial charge < -0.3 is 15.0 Å². The fourth-order valence-electron chi connectivity index (χ4n) is 2.99. The minimum absolute atomic E-state index is 0.204. The maximum atomic E-state index is 12.6. The zero-order chi connectivity index (χ0) is 24.0. The van der Waals surface area contributed by atoms with Gasteiger partial charge in [0.15, 0.2) is 0 Å². The molecular weight excluding hydrogens is 442 g/mol. The molecule has 9 heteroatoms. The number of nitrogens with zero attached hydrogens (tertiary/aromatic N) is 2. The number of para-hydroxylation sites is 1. The highest BCUT2D eigenvalue weighted by Crippen LogP contribution is 2.23. The van der Waals surface area contributed by atoms with Crippen LogP contribution in [0.1, 0.15) is 10.4 Å². The van der Waals surface area contributed by atoms with Gasteiger partial charge in [-0.25, -0.2) is 8.42 Å². The number of amides is 2. The molecule has 0 atom stereocenters. The van der Waals surface area contributed by atoms with E-state index >= 15 is 0 Å². The summed E-state index contributed by atoms with van der Waals surface area (Å²) in [5, 5.41) is 2.69. The molecular formula is C24H25N3O5S. The SMILES string of the molecule is CN(C)C(=O)c1ccc(N(CC(=O)Nc2ccc(Oc3ccccc3)cc2)S(C)(=O)=O)cc1. The summed E-state index contributed by atoms with van der Waals surface area (Å²) < 4.78 is 31.3. The highest BCUT2D eigenvalue weighted by atomic mass is 32.2. The molecule has 0 spiro atoms. The summed E-state index contributed by atoms with van der Waals surface area (Å²) in [6.07, 6.45) is 1.02. The van der Waals surface area contributed by atoms with Gasteiger partial charge in [0.05, 0.1) is 11.9 Å². The highest BCUT2D eigenvalue weighted by Gasteiger charge is 2.21. The minimum Gasteiger partial charge on any atom is -0.457 e. The number of hydrogen-bond acceptors (Lipinski definition) is 5. The number of carbonyl (C=O) groups is 2. The van der Waals surface area contributed by atoms with Crippen molar-refractivity contribution in [3.05, 3.63) is 84.4 Å². The molecule has 8 nitrogen and oxygen atoms in total. The molecule has 2 amide bonds. The number of carbonyl (C=O) groups excluding carboxylic acids is 2. The molecule has 3 rings (SSSR count). The molecule has 0 heterocycles. The molecule has 0 aliphatic carbocycles. The average Bonchev–Trinajstić information content (AvgIpc) is 2.78. The van der Waals surface area contributed by atoms with Crippen LogP contribution in [-0.2, 0) is 14.8 Å². The van der Waals surface area contributed by atoms with Gasteiger partial charge in [0.1, 0.15) is 18.0 Å². The second kappa shape index (κ2) is 10.2. The minimum atomic E-state index is -3.74. The van der Waals surface area contributed by atoms with Gasteiger partial charge in [-0.3, -0.25) is 13.9 Å². The van der Waals surface area contributed by atoms with Gasteiger partial charge in [0, 0.05) is 25.3 Å². The Kier molecular flexibility index (Phi) is 7.34. The third-order valence-electron chi connectivity index (χ3n) is 4.61. The maximum absolute atomic E-state index is 12.6. The van der Waals surface area contributed by atoms with Crippen LogP contribution in [-0.4, -0.2) is 52.0 Å². The molecule has 0 fully saturated rings. The van der Waals surface area contributed by atoms with Gasteiger partial charge in [-0.2, -0.15) is 0 Å². The number of rotatable bonds is 8. The van der Waals surface area contributed by atoms with Gasteiger partial charge in [-0.15, -0.1) is 0 Å². The van der Waals surface area contributed by atoms with Crippen LogP contribution >= 0.6 is 0 Å². The van der Waals surface area contributed by atoms with Gasteiger partial charge in [0.2, 0.25) is 15.9 Å². The van der Waals surface area contributed by atoms with Crippen molar-refractivity contribution in [2.75, 3.05) is 36.5 Å². The molecule has 0 radical (unpaired) electrons. The molecule has 0 aliphatic rings. The van der Waals surface area contributed by atoms with E-state index in [1.165, 1.54) is 29.2 Å². The molecule has 0 unspecified atom stereocenters. The predicted molar refractivity (Wildman–Crippen MR) is 128 cm³/mol. The number of nitrogens with one attached hydrogen (secondary N) is 1. The molecule has 0 saturated heterocycles. The van der Waals surface area contributed by atoms with E-state index in [9.17, 15) is 18.0 Å². The van der Waals surface area contributed by atoms with Crippen LogP contribution in [0.15, 0.2) is 78.9 Å². The Morgan fingerprint density at radius 1 is 0.848 bits per heavy atom. The van der Waals surface area contributed by atoms with Crippen LogP contribution in [0.25, 0.3) is 0 Å². The molecule has 1 N–H and O–H groups in total. The monoisotopic (exact) mass is 467 g/mol. The first-order chi connectivity index (χ1) is 15.6. The van der Waals surface area contributed by atoms with Crippen molar-refractivity contribution in [1.29, 1.82) is 0 Å². The van der Waals surface area contributed by atoms with E-state index < -0.39 is 22.5 Å². The summed E-state index contributed by atoms with van der Waals surface area (Å²) in [4.78, 5) is 26.0. The molecule has 172 valence electrons. The van der Waals surface area contributed by atoms with Crippen LogP contribution in [0.4, 0.5) is 11.4 Å². The fourth-order valence-corrected chi connectivity index (χ4v) is 3.85. The van der Waals surface area contributed by atoms with Crippen molar-refractivity contribution in [3.8, 4) is 11.5 Å². The Morgan fingerprint density at radius 2 is 1.42 bits per heavy atom. The number of sulfonamides is 1. The van der Waals surface area contributed by atoms with Crippen LogP contribution in [0, 0.1) is 0 Å². The lowest BCUT2D eigenvalue weighted by atomic mass is 10.2. The Balaban J connectivity index is 1.68. The maximum Gasteiger partial charge on any atom is 0.253 e. The molecule has 0 saturated carbocycles. The van der Waals surface area contributed by atoms with Crippen LogP contribution in [0.5, 0.6) is 11.5 Å². The van der Waals surface area contributed by atoms with E-state index in [1.54, 1.807) is 38.4 Å². The largest absolute Gasteiger partial charge is 0.457 e. The molecule has 0 aliphatic heterocycles. The summed E-state index contributed by atoms with van der Waals surface area (Å²) in [6, 6.07) is 22.1. The van der Waals surface area contributed by atoms with Gasteiger partial charge in [-0.1, -0.05) is 18.2 Å². The number of anilines is 2. The lowest BCUT2D eigenvalue weighted by molar-refractivity contribution is -0.114. The zero-order valence-electron chi connectivity index (χ0n) is 18.6. The van der Waals surface area contributed by atoms with Crippen LogP contribution < -0.4 is 14.4 Å². The lowest BCUT2D eigenvalue weighted by Crippen LogP contribution is -2.37. The van der Waals surface area contributed by atoms with Gasteiger partial charge >= 0.3 is 0 Å². The summed E-state index contributed by atoms with van der Waals surface area (Å²) in [5.41, 5.74) is 1.20. The normalized spacial score (nSPS) is 10.9. The summed E-state index contributed by atoms with van der Waals surface area (Å²) >= 11 is 0. The second-order valence-electron chi connectivity index (χ2n) is 7.50. The zero-order valence-corrected chi connectivity index (χ0v) is 19.4. The van der Waals surface area contributed by atoms with E-state index in [0.717, 1.165) is 10.6 Å². The lowest BCUT2D eigenvalue weighted by Gasteiger charge is -2.22. The predicted octanol–water partition coefficient (Wildman–Crippen LogP) is 3.59. The number of ether oxygens (including phenoxy) is 1. The molecule has 3 aromatic carbocycles. The van der Waals surface area contributed by atoms with E-state index in [0.29, 0.717) is 22.7 Å². The van der Waals surface area contributed by atoms with Crippen molar-refractivity contribution in [1.82, 2.24) is 4.90 Å². The molecule has 0 bridgehead atoms. The summed E-state index contributed by atoms with van der Waals surface area (Å²) in [5.74, 6) is 0.580. The van der Waals surface area contributed by atoms with Crippen molar-refractivity contribution in [2.45, 2.75) is 0 Å². The van der Waals surface area contributed by atoms with Crippen molar-refractivity contribution in [3.63, 3.8) is 0 Å². The first kappa shape index (κ1) is 23.8. The Labute approximate surface area is 193 Å². The number of hydrogen-bond donors (Lipinski definition) is 1. The first-order valence-electron chi connectivity index (χ1n) is 10.1. The van der Waals surface area contributed by atoms with Crippen molar-refractivity contribution in [2.24, 2.45) is 0 Å². The standard InChI is InChI=1S/C24H25N3O5S/c1-26(2)24(29)18-9-13-20(14-10-18)27(33(3,30)31)17-23(28)25-19-11-15-22(16-12-19)32-21-7-5-4-6-8-21/h4-16H,17H2,1-3H3,(H,25,28). The summed E-state index contributed by atoms with van der Waals surface area (Å²) in [7, 11) is -0.482. The van der Waals surface area contributed by atoms with Gasteiger partial charge in [-0.05, 0) is 60.7 Å². The van der Waals surface area contributed by atoms with E-state index in [-0.39, 0.29) is 11.6 Å². The van der Waals surface area contributed by atoms with E-state index in [1.807, 2.05) is 30.3 Å². The Hall–Kier alpha value is -3.85. The van der Waals surface area contributed by atoms with Crippen molar-refractivity contribution < 1.29 is 22.7 Å². The Morgan fingerprint density at radius 3 is 1.97 bits per heavy atom. The van der Waals surface area contributed by atoms with Crippen LogP contribution in [0.3, 0.4) is 0 Å².